The van der Waals surface area contributed by atoms with E-state index in [1.807, 2.05) is 12.1 Å². The van der Waals surface area contributed by atoms with E-state index >= 15 is 0 Å². The average molecular weight is 390 g/mol. The average Bonchev–Trinajstić information content (AvgIpc) is 2.68. The molecule has 0 saturated carbocycles. The molecule has 0 saturated heterocycles. The molecule has 2 heterocycles. The van der Waals surface area contributed by atoms with Crippen LogP contribution in [0, 0.1) is 34.9 Å². The van der Waals surface area contributed by atoms with Crippen molar-refractivity contribution in [2.45, 2.75) is 32.4 Å². The third kappa shape index (κ3) is 3.92. The van der Waals surface area contributed by atoms with Crippen LogP contribution in [0.25, 0.3) is 0 Å². The maximum atomic E-state index is 14.2. The van der Waals surface area contributed by atoms with Gasteiger partial charge in [-0.3, -0.25) is 14.6 Å². The van der Waals surface area contributed by atoms with Crippen molar-refractivity contribution in [3.05, 3.63) is 64.0 Å². The minimum atomic E-state index is -0.686. The van der Waals surface area contributed by atoms with Crippen molar-refractivity contribution in [3.8, 4) is 12.1 Å². The Hall–Kier alpha value is -3.78. The number of allylic oxidation sites excluding steroid dienone is 1. The standard InChI is InChI=1S/C21H17FN5O2/c1-11(14-4-3-13(9-23)7-17(14)22)26-19(28)8-15-16(10-24)20-12(2)25-6-5-18(20)27-21(15)29/h3-7,11,18H,8H2,1-2H3,(H,26,28)(H,27,29)/t11-,18?/m0/s1. The van der Waals surface area contributed by atoms with E-state index < -0.39 is 29.7 Å². The van der Waals surface area contributed by atoms with E-state index in [2.05, 4.69) is 15.6 Å². The highest BCUT2D eigenvalue weighted by Gasteiger charge is 2.34. The number of aliphatic imine (C=N–C) groups is 1. The van der Waals surface area contributed by atoms with Crippen molar-refractivity contribution in [3.63, 3.8) is 0 Å². The van der Waals surface area contributed by atoms with Crippen molar-refractivity contribution < 1.29 is 14.0 Å². The van der Waals surface area contributed by atoms with Gasteiger partial charge in [0, 0.05) is 35.0 Å². The van der Waals surface area contributed by atoms with E-state index in [9.17, 15) is 19.2 Å². The third-order valence-corrected chi connectivity index (χ3v) is 4.80. The molecular formula is C21H17FN5O2. The number of nitrogens with zero attached hydrogens (tertiary/aromatic N) is 3. The Bertz CT molecular complexity index is 1070. The molecule has 1 radical (unpaired) electrons. The second-order valence-electron chi connectivity index (χ2n) is 6.70. The van der Waals surface area contributed by atoms with Crippen molar-refractivity contribution in [1.82, 2.24) is 10.6 Å². The van der Waals surface area contributed by atoms with Gasteiger partial charge in [-0.1, -0.05) is 6.07 Å². The van der Waals surface area contributed by atoms with Gasteiger partial charge in [0.2, 0.25) is 11.8 Å². The van der Waals surface area contributed by atoms with Crippen molar-refractivity contribution in [2.75, 3.05) is 0 Å². The molecule has 0 spiro atoms. The van der Waals surface area contributed by atoms with Crippen LogP contribution in [0.5, 0.6) is 0 Å². The second-order valence-corrected chi connectivity index (χ2v) is 6.70. The minimum absolute atomic E-state index is 0.0496. The van der Waals surface area contributed by atoms with E-state index in [1.165, 1.54) is 12.1 Å². The lowest BCUT2D eigenvalue weighted by Crippen LogP contribution is -2.45. The molecule has 0 fully saturated rings. The molecule has 0 bridgehead atoms. The zero-order valence-electron chi connectivity index (χ0n) is 15.8. The van der Waals surface area contributed by atoms with E-state index in [4.69, 9.17) is 5.26 Å². The molecule has 1 aromatic rings. The Morgan fingerprint density at radius 3 is 2.79 bits per heavy atom. The van der Waals surface area contributed by atoms with Gasteiger partial charge in [0.15, 0.2) is 0 Å². The number of carbonyl (C=O) groups excluding carboxylic acids is 2. The summed E-state index contributed by atoms with van der Waals surface area (Å²) in [6.45, 7) is 3.32. The highest BCUT2D eigenvalue weighted by atomic mass is 19.1. The molecule has 145 valence electrons. The van der Waals surface area contributed by atoms with Gasteiger partial charge in [-0.25, -0.2) is 4.39 Å². The van der Waals surface area contributed by atoms with Crippen LogP contribution in [0.1, 0.15) is 37.4 Å². The van der Waals surface area contributed by atoms with E-state index in [0.717, 1.165) is 6.07 Å². The predicted octanol–water partition coefficient (Wildman–Crippen LogP) is 2.15. The Morgan fingerprint density at radius 2 is 2.14 bits per heavy atom. The smallest absolute Gasteiger partial charge is 0.249 e. The molecule has 1 unspecified atom stereocenters. The summed E-state index contributed by atoms with van der Waals surface area (Å²) in [5.74, 6) is -1.63. The molecule has 0 aliphatic carbocycles. The zero-order chi connectivity index (χ0) is 21.1. The van der Waals surface area contributed by atoms with Gasteiger partial charge < -0.3 is 10.6 Å². The largest absolute Gasteiger partial charge is 0.349 e. The number of hydrogen-bond acceptors (Lipinski definition) is 5. The Balaban J connectivity index is 1.82. The lowest BCUT2D eigenvalue weighted by molar-refractivity contribution is -0.124. The Kier molecular flexibility index (Phi) is 5.56. The molecule has 1 aromatic carbocycles. The number of nitrogens with one attached hydrogen (secondary N) is 2. The van der Waals surface area contributed by atoms with Crippen LogP contribution >= 0.6 is 0 Å². The number of benzene rings is 1. The van der Waals surface area contributed by atoms with Crippen LogP contribution in [0.15, 0.2) is 45.6 Å². The Labute approximate surface area is 167 Å². The quantitative estimate of drug-likeness (QED) is 0.819. The number of halogens is 1. The SMILES string of the molecule is CC1=C2C(C#N)=C(CC(=O)N[C@@H](C)c3ccc(C#N)cc3F)C(=O)NC2[CH]C=N1. The number of carbonyl (C=O) groups is 2. The molecule has 7 nitrogen and oxygen atoms in total. The topological polar surface area (TPSA) is 118 Å². The summed E-state index contributed by atoms with van der Waals surface area (Å²) < 4.78 is 14.2. The molecule has 8 heteroatoms. The summed E-state index contributed by atoms with van der Waals surface area (Å²) in [7, 11) is 0. The normalized spacial score (nSPS) is 19.1. The monoisotopic (exact) mass is 390 g/mol. The van der Waals surface area contributed by atoms with Crippen LogP contribution in [-0.4, -0.2) is 24.1 Å². The summed E-state index contributed by atoms with van der Waals surface area (Å²) in [5, 5.41) is 23.8. The van der Waals surface area contributed by atoms with Gasteiger partial charge in [0.05, 0.1) is 35.7 Å². The molecule has 2 atom stereocenters. The summed E-state index contributed by atoms with van der Waals surface area (Å²) in [4.78, 5) is 29.1. The van der Waals surface area contributed by atoms with Gasteiger partial charge in [-0.05, 0) is 26.0 Å². The third-order valence-electron chi connectivity index (χ3n) is 4.80. The van der Waals surface area contributed by atoms with Crippen LogP contribution in [0.3, 0.4) is 0 Å². The van der Waals surface area contributed by atoms with Gasteiger partial charge in [-0.15, -0.1) is 0 Å². The summed E-state index contributed by atoms with van der Waals surface area (Å²) in [6.07, 6.45) is 2.90. The number of amides is 2. The van der Waals surface area contributed by atoms with E-state index in [-0.39, 0.29) is 28.7 Å². The maximum absolute atomic E-state index is 14.2. The van der Waals surface area contributed by atoms with Gasteiger partial charge in [0.25, 0.3) is 0 Å². The number of fused-ring (bicyclic) bond motifs is 1. The first kappa shape index (κ1) is 20.0. The number of hydrogen-bond donors (Lipinski definition) is 2. The fraction of sp³-hybridized carbons (Fsp3) is 0.238. The lowest BCUT2D eigenvalue weighted by Gasteiger charge is -2.30. The highest BCUT2D eigenvalue weighted by Crippen LogP contribution is 2.31. The van der Waals surface area contributed by atoms with Crippen molar-refractivity contribution in [1.29, 1.82) is 10.5 Å². The van der Waals surface area contributed by atoms with Crippen LogP contribution < -0.4 is 10.6 Å². The number of nitriles is 2. The Morgan fingerprint density at radius 1 is 1.38 bits per heavy atom. The fourth-order valence-electron chi connectivity index (χ4n) is 3.37. The highest BCUT2D eigenvalue weighted by molar-refractivity contribution is 6.03. The first-order valence-electron chi connectivity index (χ1n) is 8.87. The van der Waals surface area contributed by atoms with Crippen LogP contribution in [0.2, 0.25) is 0 Å². The van der Waals surface area contributed by atoms with E-state index in [1.54, 1.807) is 26.5 Å². The fourth-order valence-corrected chi connectivity index (χ4v) is 3.37. The van der Waals surface area contributed by atoms with Crippen molar-refractivity contribution in [2.24, 2.45) is 4.99 Å². The number of rotatable bonds is 4. The van der Waals surface area contributed by atoms with Gasteiger partial charge in [-0.2, -0.15) is 10.5 Å². The second kappa shape index (κ2) is 8.07. The molecular weight excluding hydrogens is 373 g/mol. The molecule has 29 heavy (non-hydrogen) atoms. The maximum Gasteiger partial charge on any atom is 0.249 e. The summed E-state index contributed by atoms with van der Waals surface area (Å²) >= 11 is 0. The molecule has 2 aliphatic rings. The summed E-state index contributed by atoms with van der Waals surface area (Å²) in [6, 6.07) is 6.72. The van der Waals surface area contributed by atoms with Crippen LogP contribution in [-0.2, 0) is 9.59 Å². The molecule has 2 N–H and O–H groups in total. The molecule has 2 aliphatic heterocycles. The molecule has 2 amide bonds. The summed E-state index contributed by atoms with van der Waals surface area (Å²) in [5.41, 5.74) is 1.75. The van der Waals surface area contributed by atoms with E-state index in [0.29, 0.717) is 11.3 Å². The predicted molar refractivity (Wildman–Crippen MR) is 102 cm³/mol. The molecule has 0 aromatic heterocycles. The molecule has 3 rings (SSSR count). The first-order valence-corrected chi connectivity index (χ1v) is 8.87. The van der Waals surface area contributed by atoms with Crippen LogP contribution in [0.4, 0.5) is 4.39 Å². The zero-order valence-corrected chi connectivity index (χ0v) is 15.8. The van der Waals surface area contributed by atoms with Crippen molar-refractivity contribution >= 4 is 18.0 Å². The van der Waals surface area contributed by atoms with Gasteiger partial charge >= 0.3 is 0 Å². The first-order chi connectivity index (χ1) is 13.8. The van der Waals surface area contributed by atoms with Gasteiger partial charge in [0.1, 0.15) is 11.9 Å². The minimum Gasteiger partial charge on any atom is -0.349 e. The lowest BCUT2D eigenvalue weighted by atomic mass is 9.85.